The van der Waals surface area contributed by atoms with E-state index in [2.05, 4.69) is 63.7 Å². The zero-order valence-corrected chi connectivity index (χ0v) is 14.6. The van der Waals surface area contributed by atoms with Gasteiger partial charge in [-0.05, 0) is 10.8 Å². The fourth-order valence-corrected chi connectivity index (χ4v) is 4.77. The zero-order chi connectivity index (χ0) is 17.4. The van der Waals surface area contributed by atoms with Gasteiger partial charge in [0.2, 0.25) is 0 Å². The third kappa shape index (κ3) is 1.59. The first-order valence-electron chi connectivity index (χ1n) is 8.82. The highest BCUT2D eigenvalue weighted by molar-refractivity contribution is 6.97. The van der Waals surface area contributed by atoms with Crippen LogP contribution in [0.3, 0.4) is 0 Å². The lowest BCUT2D eigenvalue weighted by atomic mass is 9.34. The third-order valence-electron chi connectivity index (χ3n) is 5.80. The SMILES string of the molecule is C[n+]1cncc2c1B1c3c(ncnc3-c3cccc4cc[n+](C)c1c34)C2. The Kier molecular flexibility index (Phi) is 2.56. The van der Waals surface area contributed by atoms with Crippen molar-refractivity contribution in [3.63, 3.8) is 0 Å². The normalized spacial score (nSPS) is 13.5. The van der Waals surface area contributed by atoms with Crippen LogP contribution in [0.1, 0.15) is 11.3 Å². The first-order chi connectivity index (χ1) is 12.7. The fraction of sp³-hybridized carbons (Fsp3) is 0.150. The number of rotatable bonds is 0. The molecule has 2 aliphatic heterocycles. The Morgan fingerprint density at radius 1 is 1.04 bits per heavy atom. The van der Waals surface area contributed by atoms with Crippen LogP contribution in [0.15, 0.2) is 49.3 Å². The Bertz CT molecular complexity index is 1250. The molecule has 0 unspecified atom stereocenters. The van der Waals surface area contributed by atoms with Gasteiger partial charge in [-0.3, -0.25) is 0 Å². The topological polar surface area (TPSA) is 46.4 Å². The summed E-state index contributed by atoms with van der Waals surface area (Å²) in [5.74, 6) is 0. The summed E-state index contributed by atoms with van der Waals surface area (Å²) < 4.78 is 4.41. The second kappa shape index (κ2) is 4.72. The summed E-state index contributed by atoms with van der Waals surface area (Å²) in [6.07, 6.45) is 8.56. The van der Waals surface area contributed by atoms with Gasteiger partial charge in [-0.2, -0.15) is 0 Å². The maximum Gasteiger partial charge on any atom is 0.379 e. The zero-order valence-electron chi connectivity index (χ0n) is 14.6. The Balaban J connectivity index is 1.87. The molecule has 26 heavy (non-hydrogen) atoms. The van der Waals surface area contributed by atoms with Crippen molar-refractivity contribution in [1.82, 2.24) is 15.0 Å². The number of aryl methyl sites for hydroxylation is 2. The van der Waals surface area contributed by atoms with Crippen LogP contribution in [0.25, 0.3) is 22.0 Å². The molecule has 6 heteroatoms. The van der Waals surface area contributed by atoms with Crippen LogP contribution in [-0.2, 0) is 20.5 Å². The fourth-order valence-electron chi connectivity index (χ4n) is 4.77. The van der Waals surface area contributed by atoms with Gasteiger partial charge in [-0.15, -0.1) is 0 Å². The smallest absolute Gasteiger partial charge is 0.245 e. The monoisotopic (exact) mass is 337 g/mol. The van der Waals surface area contributed by atoms with E-state index in [-0.39, 0.29) is 6.71 Å². The summed E-state index contributed by atoms with van der Waals surface area (Å²) in [5, 5.41) is 2.55. The molecule has 0 N–H and O–H groups in total. The molecule has 0 aliphatic carbocycles. The average Bonchev–Trinajstić information content (AvgIpc) is 2.66. The first-order valence-corrected chi connectivity index (χ1v) is 8.82. The van der Waals surface area contributed by atoms with E-state index < -0.39 is 0 Å². The quantitative estimate of drug-likeness (QED) is 0.266. The number of hydrogen-bond donors (Lipinski definition) is 0. The Morgan fingerprint density at radius 2 is 1.96 bits per heavy atom. The highest BCUT2D eigenvalue weighted by Crippen LogP contribution is 2.29. The maximum atomic E-state index is 4.72. The molecule has 0 saturated carbocycles. The van der Waals surface area contributed by atoms with Gasteiger partial charge < -0.3 is 0 Å². The molecule has 122 valence electrons. The summed E-state index contributed by atoms with van der Waals surface area (Å²) in [5.41, 5.74) is 8.50. The molecule has 0 amide bonds. The Morgan fingerprint density at radius 3 is 2.88 bits per heavy atom. The maximum absolute atomic E-state index is 4.72. The molecule has 0 saturated heterocycles. The van der Waals surface area contributed by atoms with Crippen molar-refractivity contribution in [3.8, 4) is 11.3 Å². The molecular formula is C20H16BN5+2. The first kappa shape index (κ1) is 14.1. The molecule has 0 bridgehead atoms. The molecule has 0 atom stereocenters. The lowest BCUT2D eigenvalue weighted by molar-refractivity contribution is -0.660. The largest absolute Gasteiger partial charge is 0.379 e. The Hall–Kier alpha value is -3.15. The summed E-state index contributed by atoms with van der Waals surface area (Å²) in [6.45, 7) is 0.126. The van der Waals surface area contributed by atoms with Gasteiger partial charge in [0.25, 0.3) is 6.33 Å². The van der Waals surface area contributed by atoms with E-state index in [0.717, 1.165) is 17.8 Å². The van der Waals surface area contributed by atoms with Gasteiger partial charge in [-0.1, -0.05) is 23.2 Å². The number of pyridine rings is 1. The van der Waals surface area contributed by atoms with Crippen LogP contribution in [0, 0.1) is 0 Å². The average molecular weight is 337 g/mol. The van der Waals surface area contributed by atoms with Crippen LogP contribution in [-0.4, -0.2) is 21.7 Å². The number of aromatic nitrogens is 5. The lowest BCUT2D eigenvalue weighted by Gasteiger charge is -2.28. The molecule has 0 fully saturated rings. The minimum atomic E-state index is 0.126. The minimum absolute atomic E-state index is 0.126. The number of hydrogen-bond acceptors (Lipinski definition) is 3. The number of fused-ring (bicyclic) bond motifs is 4. The van der Waals surface area contributed by atoms with Crippen molar-refractivity contribution in [2.45, 2.75) is 6.42 Å². The van der Waals surface area contributed by atoms with Crippen LogP contribution < -0.4 is 25.8 Å². The van der Waals surface area contributed by atoms with E-state index in [9.17, 15) is 0 Å². The van der Waals surface area contributed by atoms with Crippen LogP contribution in [0.4, 0.5) is 0 Å². The van der Waals surface area contributed by atoms with Crippen molar-refractivity contribution in [2.24, 2.45) is 14.1 Å². The van der Waals surface area contributed by atoms with Crippen LogP contribution >= 0.6 is 0 Å². The van der Waals surface area contributed by atoms with E-state index in [1.165, 1.54) is 38.5 Å². The molecule has 2 aliphatic rings. The molecule has 0 radical (unpaired) electrons. The number of benzene rings is 1. The van der Waals surface area contributed by atoms with E-state index in [0.29, 0.717) is 0 Å². The standard InChI is InChI=1S/C20H16BN5/c1-25-7-6-12-4-3-5-14-16(12)20(25)21-17-15(23-10-24-18(14)17)8-13-9-22-11-26(2)19(13)21/h3-7,9-11H,8H2,1-2H3/q+2. The van der Waals surface area contributed by atoms with E-state index in [4.69, 9.17) is 4.98 Å². The van der Waals surface area contributed by atoms with Crippen LogP contribution in [0.2, 0.25) is 0 Å². The van der Waals surface area contributed by atoms with Gasteiger partial charge in [0.1, 0.15) is 19.6 Å². The second-order valence-electron chi connectivity index (χ2n) is 7.19. The predicted molar refractivity (Wildman–Crippen MR) is 99.0 cm³/mol. The molecule has 4 aromatic rings. The van der Waals surface area contributed by atoms with Crippen molar-refractivity contribution in [1.29, 1.82) is 0 Å². The summed E-state index contributed by atoms with van der Waals surface area (Å²) >= 11 is 0. The predicted octanol–water partition coefficient (Wildman–Crippen LogP) is -0.925. The highest BCUT2D eigenvalue weighted by Gasteiger charge is 2.48. The van der Waals surface area contributed by atoms with Gasteiger partial charge in [0, 0.05) is 34.7 Å². The molecule has 5 heterocycles. The lowest BCUT2D eigenvalue weighted by Crippen LogP contribution is -2.74. The molecule has 0 spiro atoms. The van der Waals surface area contributed by atoms with Crippen molar-refractivity contribution >= 4 is 34.1 Å². The van der Waals surface area contributed by atoms with E-state index >= 15 is 0 Å². The second-order valence-corrected chi connectivity index (χ2v) is 7.19. The van der Waals surface area contributed by atoms with Gasteiger partial charge in [0.15, 0.2) is 11.8 Å². The summed E-state index contributed by atoms with van der Waals surface area (Å²) in [7, 11) is 4.22. The molecular weight excluding hydrogens is 321 g/mol. The van der Waals surface area contributed by atoms with Crippen molar-refractivity contribution in [3.05, 3.63) is 60.6 Å². The van der Waals surface area contributed by atoms with Gasteiger partial charge in [0.05, 0.1) is 18.3 Å². The number of nitrogens with zero attached hydrogens (tertiary/aromatic N) is 5. The molecule has 6 rings (SSSR count). The third-order valence-corrected chi connectivity index (χ3v) is 5.80. The molecule has 3 aromatic heterocycles. The minimum Gasteiger partial charge on any atom is -0.245 e. The summed E-state index contributed by atoms with van der Waals surface area (Å²) in [6, 6.07) is 8.68. The van der Waals surface area contributed by atoms with E-state index in [1.807, 2.05) is 12.5 Å². The van der Waals surface area contributed by atoms with Crippen molar-refractivity contribution in [2.75, 3.05) is 0 Å². The molecule has 5 nitrogen and oxygen atoms in total. The highest BCUT2D eigenvalue weighted by atomic mass is 15.0. The van der Waals surface area contributed by atoms with Crippen molar-refractivity contribution < 1.29 is 9.13 Å². The molecule has 1 aromatic carbocycles. The van der Waals surface area contributed by atoms with Gasteiger partial charge in [-0.25, -0.2) is 19.1 Å². The van der Waals surface area contributed by atoms with Gasteiger partial charge >= 0.3 is 6.71 Å². The van der Waals surface area contributed by atoms with Crippen LogP contribution in [0.5, 0.6) is 0 Å². The van der Waals surface area contributed by atoms with E-state index in [1.54, 1.807) is 6.33 Å². The Labute approximate surface area is 151 Å². The summed E-state index contributed by atoms with van der Waals surface area (Å²) in [4.78, 5) is 13.8.